The van der Waals surface area contributed by atoms with Gasteiger partial charge >= 0.3 is 0 Å². The molecule has 0 radical (unpaired) electrons. The molecule has 2 heteroatoms. The summed E-state index contributed by atoms with van der Waals surface area (Å²) < 4.78 is 0. The predicted octanol–water partition coefficient (Wildman–Crippen LogP) is 2.52. The van der Waals surface area contributed by atoms with Crippen molar-refractivity contribution in [3.05, 3.63) is 12.7 Å². The summed E-state index contributed by atoms with van der Waals surface area (Å²) in [5, 5.41) is 3.56. The van der Waals surface area contributed by atoms with Gasteiger partial charge in [-0.1, -0.05) is 19.9 Å². The van der Waals surface area contributed by atoms with Crippen LogP contribution in [0, 0.1) is 5.41 Å². The first-order valence-corrected chi connectivity index (χ1v) is 5.71. The molecule has 0 aliphatic heterocycles. The van der Waals surface area contributed by atoms with Gasteiger partial charge in [0.05, 0.1) is 0 Å². The summed E-state index contributed by atoms with van der Waals surface area (Å²) in [6, 6.07) is 0. The Balaban J connectivity index is 4.01. The van der Waals surface area contributed by atoms with Gasteiger partial charge in [-0.05, 0) is 33.2 Å². The maximum Gasteiger partial charge on any atom is 0.0157 e. The van der Waals surface area contributed by atoms with Crippen LogP contribution < -0.4 is 5.32 Å². The summed E-state index contributed by atoms with van der Waals surface area (Å²) in [6.45, 7) is 18.0. The molecule has 0 rings (SSSR count). The van der Waals surface area contributed by atoms with Crippen molar-refractivity contribution in [1.82, 2.24) is 10.2 Å². The van der Waals surface area contributed by atoms with Crippen LogP contribution in [0.3, 0.4) is 0 Å². The van der Waals surface area contributed by atoms with Crippen molar-refractivity contribution in [2.45, 2.75) is 40.2 Å². The van der Waals surface area contributed by atoms with Crippen molar-refractivity contribution in [3.63, 3.8) is 0 Å². The quantitative estimate of drug-likeness (QED) is 0.681. The van der Waals surface area contributed by atoms with Crippen molar-refractivity contribution in [3.8, 4) is 0 Å². The van der Waals surface area contributed by atoms with E-state index in [4.69, 9.17) is 0 Å². The molecular weight excluding hydrogens is 184 g/mol. The summed E-state index contributed by atoms with van der Waals surface area (Å²) in [7, 11) is 2.14. The van der Waals surface area contributed by atoms with Crippen molar-refractivity contribution in [2.24, 2.45) is 5.41 Å². The van der Waals surface area contributed by atoms with E-state index in [1.807, 2.05) is 6.08 Å². The summed E-state index contributed by atoms with van der Waals surface area (Å²) in [5.74, 6) is 0. The maximum absolute atomic E-state index is 3.76. The number of nitrogens with zero attached hydrogens (tertiary/aromatic N) is 1. The third kappa shape index (κ3) is 8.64. The van der Waals surface area contributed by atoms with E-state index in [1.54, 1.807) is 0 Å². The molecule has 1 N–H and O–H groups in total. The second kappa shape index (κ2) is 5.66. The van der Waals surface area contributed by atoms with Crippen LogP contribution in [0.25, 0.3) is 0 Å². The zero-order valence-corrected chi connectivity index (χ0v) is 11.4. The highest BCUT2D eigenvalue weighted by atomic mass is 15.1. The van der Waals surface area contributed by atoms with E-state index < -0.39 is 0 Å². The van der Waals surface area contributed by atoms with Crippen LogP contribution in [0.1, 0.15) is 34.6 Å². The molecule has 0 saturated heterocycles. The van der Waals surface area contributed by atoms with Crippen LogP contribution in [0.2, 0.25) is 0 Å². The van der Waals surface area contributed by atoms with E-state index in [1.165, 1.54) is 0 Å². The van der Waals surface area contributed by atoms with E-state index >= 15 is 0 Å². The Morgan fingerprint density at radius 3 is 2.13 bits per heavy atom. The van der Waals surface area contributed by atoms with Crippen LogP contribution >= 0.6 is 0 Å². The number of rotatable bonds is 6. The van der Waals surface area contributed by atoms with E-state index in [0.717, 1.165) is 19.6 Å². The summed E-state index contributed by atoms with van der Waals surface area (Å²) in [5.41, 5.74) is 0.499. The molecule has 0 aromatic heterocycles. The fourth-order valence-electron chi connectivity index (χ4n) is 1.58. The molecule has 0 amide bonds. The van der Waals surface area contributed by atoms with E-state index in [9.17, 15) is 0 Å². The van der Waals surface area contributed by atoms with Crippen LogP contribution in [0.15, 0.2) is 12.7 Å². The van der Waals surface area contributed by atoms with Gasteiger partial charge in [-0.25, -0.2) is 0 Å². The first-order chi connectivity index (χ1) is 6.66. The van der Waals surface area contributed by atoms with Gasteiger partial charge < -0.3 is 10.2 Å². The summed E-state index contributed by atoms with van der Waals surface area (Å²) in [6.07, 6.45) is 1.95. The lowest BCUT2D eigenvalue weighted by Gasteiger charge is -2.33. The van der Waals surface area contributed by atoms with Crippen LogP contribution in [0.4, 0.5) is 0 Å². The van der Waals surface area contributed by atoms with Gasteiger partial charge in [0.2, 0.25) is 0 Å². The van der Waals surface area contributed by atoms with Gasteiger partial charge in [0, 0.05) is 25.2 Å². The molecule has 0 spiro atoms. The highest BCUT2D eigenvalue weighted by Gasteiger charge is 2.22. The molecule has 0 aromatic carbocycles. The Bertz CT molecular complexity index is 189. The van der Waals surface area contributed by atoms with Gasteiger partial charge in [-0.2, -0.15) is 0 Å². The molecule has 90 valence electrons. The molecule has 2 nitrogen and oxygen atoms in total. The minimum absolute atomic E-state index is 0.203. The van der Waals surface area contributed by atoms with E-state index in [0.29, 0.717) is 5.41 Å². The monoisotopic (exact) mass is 212 g/mol. The second-order valence-electron chi connectivity index (χ2n) is 6.25. The van der Waals surface area contributed by atoms with E-state index in [2.05, 4.69) is 58.5 Å². The van der Waals surface area contributed by atoms with Gasteiger partial charge in [0.1, 0.15) is 0 Å². The normalized spacial score (nSPS) is 13.3. The number of hydrogen-bond donors (Lipinski definition) is 1. The highest BCUT2D eigenvalue weighted by molar-refractivity contribution is 4.82. The molecule has 0 unspecified atom stereocenters. The number of hydrogen-bond acceptors (Lipinski definition) is 2. The minimum Gasteiger partial charge on any atom is -0.311 e. The molecule has 0 atom stereocenters. The topological polar surface area (TPSA) is 15.3 Å². The Kier molecular flexibility index (Phi) is 5.54. The maximum atomic E-state index is 3.76. The Morgan fingerprint density at radius 2 is 1.73 bits per heavy atom. The summed E-state index contributed by atoms with van der Waals surface area (Å²) >= 11 is 0. The molecule has 0 aliphatic rings. The minimum atomic E-state index is 0.203. The Morgan fingerprint density at radius 1 is 1.20 bits per heavy atom. The average Bonchev–Trinajstić information content (AvgIpc) is 1.99. The summed E-state index contributed by atoms with van der Waals surface area (Å²) in [4.78, 5) is 2.30. The van der Waals surface area contributed by atoms with E-state index in [-0.39, 0.29) is 5.54 Å². The van der Waals surface area contributed by atoms with Crippen molar-refractivity contribution in [1.29, 1.82) is 0 Å². The zero-order valence-electron chi connectivity index (χ0n) is 11.4. The average molecular weight is 212 g/mol. The molecule has 0 aromatic rings. The lowest BCUT2D eigenvalue weighted by Crippen LogP contribution is -2.45. The standard InChI is InChI=1S/C13H28N2/c1-8-9-15(7)11-13(5,6)10-14-12(2,3)4/h8,14H,1,9-11H2,2-7H3. The molecule has 0 aliphatic carbocycles. The third-order valence-corrected chi connectivity index (χ3v) is 2.24. The van der Waals surface area contributed by atoms with Crippen molar-refractivity contribution >= 4 is 0 Å². The SMILES string of the molecule is C=CCN(C)CC(C)(C)CNC(C)(C)C. The predicted molar refractivity (Wildman–Crippen MR) is 69.2 cm³/mol. The van der Waals surface area contributed by atoms with Crippen LogP contribution in [-0.2, 0) is 0 Å². The van der Waals surface area contributed by atoms with Crippen molar-refractivity contribution in [2.75, 3.05) is 26.7 Å². The largest absolute Gasteiger partial charge is 0.311 e. The molecule has 15 heavy (non-hydrogen) atoms. The number of nitrogens with one attached hydrogen (secondary N) is 1. The van der Waals surface area contributed by atoms with Gasteiger partial charge in [-0.3, -0.25) is 0 Å². The molecule has 0 saturated carbocycles. The van der Waals surface area contributed by atoms with Crippen molar-refractivity contribution < 1.29 is 0 Å². The highest BCUT2D eigenvalue weighted by Crippen LogP contribution is 2.16. The lowest BCUT2D eigenvalue weighted by atomic mass is 9.91. The van der Waals surface area contributed by atoms with Crippen LogP contribution in [-0.4, -0.2) is 37.1 Å². The fourth-order valence-corrected chi connectivity index (χ4v) is 1.58. The number of likely N-dealkylation sites (N-methyl/N-ethyl adjacent to an activating group) is 1. The first kappa shape index (κ1) is 14.7. The first-order valence-electron chi connectivity index (χ1n) is 5.71. The fraction of sp³-hybridized carbons (Fsp3) is 0.846. The smallest absolute Gasteiger partial charge is 0.0157 e. The molecular formula is C13H28N2. The second-order valence-corrected chi connectivity index (χ2v) is 6.25. The van der Waals surface area contributed by atoms with Crippen LogP contribution in [0.5, 0.6) is 0 Å². The van der Waals surface area contributed by atoms with Gasteiger partial charge in [0.15, 0.2) is 0 Å². The van der Waals surface area contributed by atoms with Gasteiger partial charge in [0.25, 0.3) is 0 Å². The lowest BCUT2D eigenvalue weighted by molar-refractivity contribution is 0.203. The third-order valence-electron chi connectivity index (χ3n) is 2.24. The molecule has 0 bridgehead atoms. The Hall–Kier alpha value is -0.340. The molecule has 0 fully saturated rings. The van der Waals surface area contributed by atoms with Gasteiger partial charge in [-0.15, -0.1) is 6.58 Å². The Labute approximate surface area is 95.7 Å². The zero-order chi connectivity index (χ0) is 12.1. The molecule has 0 heterocycles.